The highest BCUT2D eigenvalue weighted by atomic mass is 79.9. The number of benzene rings is 1. The van der Waals surface area contributed by atoms with Gasteiger partial charge in [-0.05, 0) is 67.4 Å². The van der Waals surface area contributed by atoms with Crippen LogP contribution in [0.3, 0.4) is 0 Å². The van der Waals surface area contributed by atoms with Gasteiger partial charge in [0.2, 0.25) is 0 Å². The van der Waals surface area contributed by atoms with E-state index in [4.69, 9.17) is 11.6 Å². The molecule has 100 valence electrons. The molecular formula is C14H20BrClN2. The van der Waals surface area contributed by atoms with Crippen LogP contribution >= 0.6 is 27.5 Å². The summed E-state index contributed by atoms with van der Waals surface area (Å²) in [6, 6.07) is 5.35. The summed E-state index contributed by atoms with van der Waals surface area (Å²) in [4.78, 5) is 2.45. The molecule has 4 heteroatoms. The van der Waals surface area contributed by atoms with Crippen molar-refractivity contribution >= 4 is 33.2 Å². The van der Waals surface area contributed by atoms with E-state index < -0.39 is 0 Å². The van der Waals surface area contributed by atoms with Crippen molar-refractivity contribution in [3.63, 3.8) is 0 Å². The van der Waals surface area contributed by atoms with E-state index in [1.54, 1.807) is 0 Å². The summed E-state index contributed by atoms with van der Waals surface area (Å²) in [7, 11) is 2.05. The molecule has 2 rings (SSSR count). The standard InChI is InChI=1S/C14H20BrClN2/c1-9-6-12(15)14(8-13(9)16)18-5-4-11(17-3)7-10(18)2/h6,8,10-11,17H,4-5,7H2,1-3H3. The third-order valence-electron chi connectivity index (χ3n) is 3.82. The molecule has 2 nitrogen and oxygen atoms in total. The Morgan fingerprint density at radius 3 is 2.78 bits per heavy atom. The maximum Gasteiger partial charge on any atom is 0.0528 e. The molecule has 1 aromatic carbocycles. The van der Waals surface area contributed by atoms with E-state index in [0.29, 0.717) is 12.1 Å². The first-order valence-electron chi connectivity index (χ1n) is 6.42. The fourth-order valence-corrected chi connectivity index (χ4v) is 3.49. The molecule has 2 unspecified atom stereocenters. The molecule has 0 saturated carbocycles. The molecule has 1 heterocycles. The first-order chi connectivity index (χ1) is 8.52. The molecule has 2 atom stereocenters. The van der Waals surface area contributed by atoms with Crippen LogP contribution in [0.25, 0.3) is 0 Å². The lowest BCUT2D eigenvalue weighted by molar-refractivity contribution is 0.387. The molecule has 1 saturated heterocycles. The van der Waals surface area contributed by atoms with E-state index in [0.717, 1.165) is 21.6 Å². The Labute approximate surface area is 123 Å². The van der Waals surface area contributed by atoms with Crippen LogP contribution in [-0.4, -0.2) is 25.7 Å². The van der Waals surface area contributed by atoms with Crippen LogP contribution in [0.1, 0.15) is 25.3 Å². The number of piperidine rings is 1. The highest BCUT2D eigenvalue weighted by molar-refractivity contribution is 9.10. The average molecular weight is 332 g/mol. The maximum absolute atomic E-state index is 6.25. The van der Waals surface area contributed by atoms with E-state index in [9.17, 15) is 0 Å². The average Bonchev–Trinajstić information content (AvgIpc) is 2.34. The first-order valence-corrected chi connectivity index (χ1v) is 7.59. The molecule has 18 heavy (non-hydrogen) atoms. The zero-order chi connectivity index (χ0) is 13.3. The summed E-state index contributed by atoms with van der Waals surface area (Å²) in [6.45, 7) is 5.39. The topological polar surface area (TPSA) is 15.3 Å². The minimum Gasteiger partial charge on any atom is -0.368 e. The molecule has 1 fully saturated rings. The zero-order valence-corrected chi connectivity index (χ0v) is 13.5. The smallest absolute Gasteiger partial charge is 0.0528 e. The molecule has 0 aliphatic carbocycles. The Morgan fingerprint density at radius 1 is 1.44 bits per heavy atom. The summed E-state index contributed by atoms with van der Waals surface area (Å²) in [6.07, 6.45) is 2.35. The predicted octanol–water partition coefficient (Wildman–Crippen LogP) is 3.99. The van der Waals surface area contributed by atoms with Crippen molar-refractivity contribution in [2.45, 2.75) is 38.8 Å². The number of aryl methyl sites for hydroxylation is 1. The van der Waals surface area contributed by atoms with Crippen molar-refractivity contribution in [3.05, 3.63) is 27.2 Å². The van der Waals surface area contributed by atoms with E-state index in [1.807, 2.05) is 14.0 Å². The maximum atomic E-state index is 6.25. The number of hydrogen-bond acceptors (Lipinski definition) is 2. The van der Waals surface area contributed by atoms with Gasteiger partial charge in [0.1, 0.15) is 0 Å². The van der Waals surface area contributed by atoms with Crippen molar-refractivity contribution in [1.82, 2.24) is 5.32 Å². The van der Waals surface area contributed by atoms with Crippen molar-refractivity contribution in [3.8, 4) is 0 Å². The van der Waals surface area contributed by atoms with Crippen LogP contribution < -0.4 is 10.2 Å². The highest BCUT2D eigenvalue weighted by Crippen LogP contribution is 2.35. The molecule has 1 aliphatic rings. The molecule has 0 bridgehead atoms. The van der Waals surface area contributed by atoms with Crippen molar-refractivity contribution in [1.29, 1.82) is 0 Å². The molecule has 1 N–H and O–H groups in total. The molecule has 0 spiro atoms. The number of halogens is 2. The van der Waals surface area contributed by atoms with Crippen molar-refractivity contribution in [2.75, 3.05) is 18.5 Å². The van der Waals surface area contributed by atoms with Gasteiger partial charge in [-0.25, -0.2) is 0 Å². The summed E-state index contributed by atoms with van der Waals surface area (Å²) >= 11 is 9.91. The Bertz CT molecular complexity index is 436. The Kier molecular flexibility index (Phi) is 4.57. The van der Waals surface area contributed by atoms with Crippen LogP contribution in [0.4, 0.5) is 5.69 Å². The van der Waals surface area contributed by atoms with Gasteiger partial charge >= 0.3 is 0 Å². The van der Waals surface area contributed by atoms with Gasteiger partial charge in [-0.15, -0.1) is 0 Å². The van der Waals surface area contributed by atoms with Crippen LogP contribution in [-0.2, 0) is 0 Å². The molecule has 0 radical (unpaired) electrons. The van der Waals surface area contributed by atoms with Crippen LogP contribution in [0, 0.1) is 6.92 Å². The predicted molar refractivity (Wildman–Crippen MR) is 82.8 cm³/mol. The monoisotopic (exact) mass is 330 g/mol. The number of hydrogen-bond donors (Lipinski definition) is 1. The van der Waals surface area contributed by atoms with E-state index in [-0.39, 0.29) is 0 Å². The van der Waals surface area contributed by atoms with Gasteiger partial charge in [0.15, 0.2) is 0 Å². The Balaban J connectivity index is 2.24. The van der Waals surface area contributed by atoms with Gasteiger partial charge in [0.25, 0.3) is 0 Å². The van der Waals surface area contributed by atoms with Gasteiger partial charge in [-0.2, -0.15) is 0 Å². The Morgan fingerprint density at radius 2 is 2.17 bits per heavy atom. The van der Waals surface area contributed by atoms with Gasteiger partial charge in [0.05, 0.1) is 5.69 Å². The molecule has 0 amide bonds. The lowest BCUT2D eigenvalue weighted by Gasteiger charge is -2.40. The van der Waals surface area contributed by atoms with Crippen molar-refractivity contribution < 1.29 is 0 Å². The lowest BCUT2D eigenvalue weighted by atomic mass is 9.97. The van der Waals surface area contributed by atoms with Crippen molar-refractivity contribution in [2.24, 2.45) is 0 Å². The van der Waals surface area contributed by atoms with Crippen LogP contribution in [0.15, 0.2) is 16.6 Å². The second-order valence-corrected chi connectivity index (χ2v) is 6.37. The minimum absolute atomic E-state index is 0.534. The fourth-order valence-electron chi connectivity index (χ4n) is 2.65. The number of nitrogens with one attached hydrogen (secondary N) is 1. The number of rotatable bonds is 2. The summed E-state index contributed by atoms with van der Waals surface area (Å²) in [5.41, 5.74) is 2.33. The molecular weight excluding hydrogens is 312 g/mol. The largest absolute Gasteiger partial charge is 0.368 e. The summed E-state index contributed by atoms with van der Waals surface area (Å²) in [5, 5.41) is 4.22. The van der Waals surface area contributed by atoms with Gasteiger partial charge < -0.3 is 10.2 Å². The van der Waals surface area contributed by atoms with Crippen LogP contribution in [0.2, 0.25) is 5.02 Å². The zero-order valence-electron chi connectivity index (χ0n) is 11.1. The minimum atomic E-state index is 0.534. The highest BCUT2D eigenvalue weighted by Gasteiger charge is 2.26. The fraction of sp³-hybridized carbons (Fsp3) is 0.571. The first kappa shape index (κ1) is 14.2. The van der Waals surface area contributed by atoms with E-state index >= 15 is 0 Å². The normalized spacial score (nSPS) is 24.4. The SMILES string of the molecule is CNC1CCN(c2cc(Cl)c(C)cc2Br)C(C)C1. The Hall–Kier alpha value is -0.250. The van der Waals surface area contributed by atoms with Gasteiger partial charge in [-0.3, -0.25) is 0 Å². The molecule has 1 aliphatic heterocycles. The van der Waals surface area contributed by atoms with E-state index in [1.165, 1.54) is 18.5 Å². The number of nitrogens with zero attached hydrogens (tertiary/aromatic N) is 1. The van der Waals surface area contributed by atoms with Crippen LogP contribution in [0.5, 0.6) is 0 Å². The molecule has 0 aromatic heterocycles. The second-order valence-electron chi connectivity index (χ2n) is 5.11. The number of anilines is 1. The summed E-state index contributed by atoms with van der Waals surface area (Å²) in [5.74, 6) is 0. The quantitative estimate of drug-likeness (QED) is 0.881. The molecule has 1 aromatic rings. The summed E-state index contributed by atoms with van der Waals surface area (Å²) < 4.78 is 1.14. The van der Waals surface area contributed by atoms with Gasteiger partial charge in [-0.1, -0.05) is 11.6 Å². The third-order valence-corrected chi connectivity index (χ3v) is 4.86. The van der Waals surface area contributed by atoms with Gasteiger partial charge in [0, 0.05) is 28.1 Å². The second kappa shape index (κ2) is 5.81. The third kappa shape index (κ3) is 2.84. The van der Waals surface area contributed by atoms with E-state index in [2.05, 4.69) is 45.2 Å². The lowest BCUT2D eigenvalue weighted by Crippen LogP contribution is -2.46.